The summed E-state index contributed by atoms with van der Waals surface area (Å²) < 4.78 is 13.8. The third-order valence-corrected chi connectivity index (χ3v) is 8.67. The third kappa shape index (κ3) is 3.38. The molecular weight excluding hydrogens is 291 g/mol. The van der Waals surface area contributed by atoms with E-state index in [0.717, 1.165) is 47.9 Å². The molecule has 0 aliphatic heterocycles. The summed E-state index contributed by atoms with van der Waals surface area (Å²) >= 11 is 0. The maximum absolute atomic E-state index is 13.8. The van der Waals surface area contributed by atoms with Crippen LogP contribution < -0.4 is 0 Å². The smallest absolute Gasteiger partial charge is 0.222 e. The van der Waals surface area contributed by atoms with E-state index in [1.807, 2.05) is 32.9 Å². The molecule has 0 saturated heterocycles. The van der Waals surface area contributed by atoms with Gasteiger partial charge >= 0.3 is 0 Å². The summed E-state index contributed by atoms with van der Waals surface area (Å²) in [7, 11) is -2.84. The number of benzene rings is 1. The lowest BCUT2D eigenvalue weighted by Gasteiger charge is -2.26. The third-order valence-electron chi connectivity index (χ3n) is 4.79. The van der Waals surface area contributed by atoms with Crippen LogP contribution in [0.4, 0.5) is 0 Å². The van der Waals surface area contributed by atoms with Gasteiger partial charge in [0.2, 0.25) is 5.52 Å². The molecule has 0 aromatic heterocycles. The van der Waals surface area contributed by atoms with Crippen LogP contribution in [-0.4, -0.2) is 17.3 Å². The van der Waals surface area contributed by atoms with E-state index in [1.54, 1.807) is 0 Å². The maximum atomic E-state index is 13.8. The zero-order chi connectivity index (χ0) is 16.5. The number of carbonyl (C=O) groups is 1. The molecule has 2 nitrogen and oxygen atoms in total. The highest BCUT2D eigenvalue weighted by Crippen LogP contribution is 2.60. The van der Waals surface area contributed by atoms with E-state index in [-0.39, 0.29) is 11.2 Å². The summed E-state index contributed by atoms with van der Waals surface area (Å²) in [6, 6.07) is 4.07. The highest BCUT2D eigenvalue weighted by atomic mass is 31.2. The largest absolute Gasteiger partial charge is 0.315 e. The second-order valence-electron chi connectivity index (χ2n) is 7.39. The molecule has 1 atom stereocenters. The second kappa shape index (κ2) is 6.71. The molecule has 0 spiro atoms. The molecular formula is C19H29O2P. The lowest BCUT2D eigenvalue weighted by atomic mass is 10.0. The average molecular weight is 320 g/mol. The zero-order valence-corrected chi connectivity index (χ0v) is 15.5. The molecule has 1 aliphatic rings. The number of aryl methyl sites for hydroxylation is 3. The Morgan fingerprint density at radius 3 is 2.09 bits per heavy atom. The van der Waals surface area contributed by atoms with Gasteiger partial charge in [0.1, 0.15) is 0 Å². The van der Waals surface area contributed by atoms with Gasteiger partial charge < -0.3 is 4.57 Å². The van der Waals surface area contributed by atoms with Crippen LogP contribution in [0, 0.1) is 26.7 Å². The van der Waals surface area contributed by atoms with Crippen molar-refractivity contribution in [3.8, 4) is 0 Å². The lowest BCUT2D eigenvalue weighted by molar-refractivity contribution is 0.107. The van der Waals surface area contributed by atoms with Crippen molar-refractivity contribution in [2.45, 2.75) is 66.0 Å². The Kier molecular flexibility index (Phi) is 5.33. The zero-order valence-electron chi connectivity index (χ0n) is 14.6. The summed E-state index contributed by atoms with van der Waals surface area (Å²) in [5.41, 5.74) is 3.90. The fourth-order valence-corrected chi connectivity index (χ4v) is 7.78. The van der Waals surface area contributed by atoms with E-state index in [0.29, 0.717) is 12.1 Å². The fourth-order valence-electron chi connectivity index (χ4n) is 3.97. The summed E-state index contributed by atoms with van der Waals surface area (Å²) in [5, 5.41) is 0. The predicted molar refractivity (Wildman–Crippen MR) is 94.6 cm³/mol. The molecule has 1 aliphatic carbocycles. The second-order valence-corrected chi connectivity index (χ2v) is 10.5. The van der Waals surface area contributed by atoms with Crippen LogP contribution in [0.25, 0.3) is 0 Å². The van der Waals surface area contributed by atoms with E-state index in [4.69, 9.17) is 0 Å². The molecule has 0 bridgehead atoms. The summed E-state index contributed by atoms with van der Waals surface area (Å²) in [4.78, 5) is 13.3. The van der Waals surface area contributed by atoms with Crippen LogP contribution in [0.5, 0.6) is 0 Å². The molecule has 3 heteroatoms. The Balaban J connectivity index is 2.48. The van der Waals surface area contributed by atoms with Crippen molar-refractivity contribution in [1.82, 2.24) is 0 Å². The molecule has 1 unspecified atom stereocenters. The molecule has 0 radical (unpaired) electrons. The Morgan fingerprint density at radius 1 is 1.14 bits per heavy atom. The molecule has 22 heavy (non-hydrogen) atoms. The van der Waals surface area contributed by atoms with Gasteiger partial charge in [0.25, 0.3) is 0 Å². The van der Waals surface area contributed by atoms with Crippen molar-refractivity contribution in [3.63, 3.8) is 0 Å². The molecule has 1 saturated carbocycles. The first-order chi connectivity index (χ1) is 10.3. The van der Waals surface area contributed by atoms with E-state index in [1.165, 1.54) is 0 Å². The Labute approximate surface area is 135 Å². The van der Waals surface area contributed by atoms with Gasteiger partial charge in [-0.1, -0.05) is 44.4 Å². The van der Waals surface area contributed by atoms with Crippen molar-refractivity contribution >= 4 is 12.7 Å². The SMILES string of the molecule is Cc1cc(C)c(C(=O)P(=O)(CC(C)C)C2CCCC2)c(C)c1. The molecule has 1 aromatic carbocycles. The van der Waals surface area contributed by atoms with Crippen LogP contribution in [0.3, 0.4) is 0 Å². The number of rotatable bonds is 5. The average Bonchev–Trinajstić information content (AvgIpc) is 2.90. The highest BCUT2D eigenvalue weighted by molar-refractivity contribution is 7.81. The topological polar surface area (TPSA) is 34.1 Å². The standard InChI is InChI=1S/C19H29O2P/c1-13(2)12-22(21,17-8-6-7-9-17)19(20)18-15(4)10-14(3)11-16(18)5/h10-11,13,17H,6-9,12H2,1-5H3. The van der Waals surface area contributed by atoms with Gasteiger partial charge in [0.15, 0.2) is 7.14 Å². The van der Waals surface area contributed by atoms with Gasteiger partial charge in [0, 0.05) is 17.4 Å². The molecule has 0 N–H and O–H groups in total. The fraction of sp³-hybridized carbons (Fsp3) is 0.632. The molecule has 0 amide bonds. The van der Waals surface area contributed by atoms with Crippen molar-refractivity contribution in [2.24, 2.45) is 5.92 Å². The normalized spacial score (nSPS) is 18.6. The van der Waals surface area contributed by atoms with Crippen molar-refractivity contribution < 1.29 is 9.36 Å². The van der Waals surface area contributed by atoms with E-state index in [2.05, 4.69) is 13.8 Å². The lowest BCUT2D eigenvalue weighted by Crippen LogP contribution is -2.19. The molecule has 1 aromatic rings. The quantitative estimate of drug-likeness (QED) is 0.651. The Bertz CT molecular complexity index is 587. The van der Waals surface area contributed by atoms with Crippen LogP contribution in [-0.2, 0) is 4.57 Å². The first-order valence-corrected chi connectivity index (χ1v) is 10.4. The van der Waals surface area contributed by atoms with Gasteiger partial charge in [-0.3, -0.25) is 4.79 Å². The molecule has 2 rings (SSSR count). The Hall–Kier alpha value is -0.880. The number of hydrogen-bond donors (Lipinski definition) is 0. The minimum absolute atomic E-state index is 0.0527. The van der Waals surface area contributed by atoms with Crippen LogP contribution >= 0.6 is 7.14 Å². The summed E-state index contributed by atoms with van der Waals surface area (Å²) in [6.45, 7) is 10.1. The monoisotopic (exact) mass is 320 g/mol. The van der Waals surface area contributed by atoms with Gasteiger partial charge in [-0.2, -0.15) is 0 Å². The van der Waals surface area contributed by atoms with E-state index in [9.17, 15) is 9.36 Å². The summed E-state index contributed by atoms with van der Waals surface area (Å²) in [6.07, 6.45) is 4.71. The van der Waals surface area contributed by atoms with Gasteiger partial charge in [0.05, 0.1) is 0 Å². The minimum atomic E-state index is -2.84. The molecule has 1 fully saturated rings. The maximum Gasteiger partial charge on any atom is 0.222 e. The predicted octanol–water partition coefficient (Wildman–Crippen LogP) is 5.71. The Morgan fingerprint density at radius 2 is 1.64 bits per heavy atom. The first kappa shape index (κ1) is 17.5. The molecule has 0 heterocycles. The van der Waals surface area contributed by atoms with Crippen molar-refractivity contribution in [2.75, 3.05) is 6.16 Å². The highest BCUT2D eigenvalue weighted by Gasteiger charge is 2.42. The summed E-state index contributed by atoms with van der Waals surface area (Å²) in [5.74, 6) is 0.293. The minimum Gasteiger partial charge on any atom is -0.315 e. The van der Waals surface area contributed by atoms with E-state index >= 15 is 0 Å². The first-order valence-electron chi connectivity index (χ1n) is 8.47. The van der Waals surface area contributed by atoms with Gasteiger partial charge in [-0.05, 0) is 50.7 Å². The van der Waals surface area contributed by atoms with Gasteiger partial charge in [-0.15, -0.1) is 0 Å². The van der Waals surface area contributed by atoms with Crippen LogP contribution in [0.2, 0.25) is 0 Å². The number of carbonyl (C=O) groups excluding carboxylic acids is 1. The van der Waals surface area contributed by atoms with Gasteiger partial charge in [-0.25, -0.2) is 0 Å². The van der Waals surface area contributed by atoms with E-state index < -0.39 is 7.14 Å². The van der Waals surface area contributed by atoms with Crippen molar-refractivity contribution in [1.29, 1.82) is 0 Å². The van der Waals surface area contributed by atoms with Crippen molar-refractivity contribution in [3.05, 3.63) is 34.4 Å². The molecule has 122 valence electrons. The van der Waals surface area contributed by atoms with Crippen LogP contribution in [0.1, 0.15) is 66.6 Å². The van der Waals surface area contributed by atoms with Crippen LogP contribution in [0.15, 0.2) is 12.1 Å². The number of hydrogen-bond acceptors (Lipinski definition) is 2.